The van der Waals surface area contributed by atoms with Crippen LogP contribution in [0.3, 0.4) is 0 Å². The number of oxime groups is 1. The van der Waals surface area contributed by atoms with E-state index in [0.29, 0.717) is 24.4 Å². The van der Waals surface area contributed by atoms with E-state index in [1.165, 1.54) is 28.9 Å². The average molecular weight is 467 g/mol. The smallest absolute Gasteiger partial charge is 0.358 e. The molecule has 0 unspecified atom stereocenters. The van der Waals surface area contributed by atoms with Crippen LogP contribution in [0.5, 0.6) is 5.75 Å². The summed E-state index contributed by atoms with van der Waals surface area (Å²) in [6.07, 6.45) is 3.64. The van der Waals surface area contributed by atoms with Crippen molar-refractivity contribution in [2.24, 2.45) is 5.16 Å². The second-order valence-electron chi connectivity index (χ2n) is 7.25. The van der Waals surface area contributed by atoms with Crippen LogP contribution in [0, 0.1) is 27.2 Å². The van der Waals surface area contributed by atoms with Crippen molar-refractivity contribution in [3.8, 4) is 5.75 Å². The predicted octanol–water partition coefficient (Wildman–Crippen LogP) is 3.62. The van der Waals surface area contributed by atoms with E-state index < -0.39 is 9.85 Å². The Kier molecular flexibility index (Phi) is 7.59. The number of benzene rings is 1. The molecule has 13 nitrogen and oxygen atoms in total. The van der Waals surface area contributed by atoms with Crippen LogP contribution in [-0.2, 0) is 11.3 Å². The Morgan fingerprint density at radius 2 is 1.88 bits per heavy atom. The minimum Gasteiger partial charge on any atom is -0.358 e. The Labute approximate surface area is 193 Å². The summed E-state index contributed by atoms with van der Waals surface area (Å²) in [7, 11) is 0. The molecule has 13 heteroatoms. The summed E-state index contributed by atoms with van der Waals surface area (Å²) in [4.78, 5) is 42.6. The lowest BCUT2D eigenvalue weighted by Crippen LogP contribution is -2.13. The van der Waals surface area contributed by atoms with Gasteiger partial charge in [-0.1, -0.05) is 5.16 Å². The van der Waals surface area contributed by atoms with Gasteiger partial charge in [-0.05, 0) is 37.3 Å². The Morgan fingerprint density at radius 1 is 1.15 bits per heavy atom. The molecule has 3 rings (SSSR count). The zero-order chi connectivity index (χ0) is 24.7. The van der Waals surface area contributed by atoms with Gasteiger partial charge in [0.25, 0.3) is 5.69 Å². The van der Waals surface area contributed by atoms with Crippen molar-refractivity contribution in [2.45, 2.75) is 33.2 Å². The third-order valence-corrected chi connectivity index (χ3v) is 4.70. The van der Waals surface area contributed by atoms with Crippen LogP contribution in [-0.4, -0.2) is 36.2 Å². The van der Waals surface area contributed by atoms with Gasteiger partial charge in [-0.2, -0.15) is 4.68 Å². The molecule has 1 aromatic carbocycles. The first-order valence-corrected chi connectivity index (χ1v) is 10.1. The first-order valence-electron chi connectivity index (χ1n) is 10.1. The van der Waals surface area contributed by atoms with E-state index in [2.05, 4.69) is 20.6 Å². The largest absolute Gasteiger partial charge is 0.390 e. The van der Waals surface area contributed by atoms with E-state index >= 15 is 0 Å². The van der Waals surface area contributed by atoms with Crippen LogP contribution in [0.2, 0.25) is 0 Å². The van der Waals surface area contributed by atoms with Crippen molar-refractivity contribution in [1.82, 2.24) is 14.8 Å². The molecule has 0 aliphatic heterocycles. The van der Waals surface area contributed by atoms with Gasteiger partial charge < -0.3 is 20.3 Å². The number of carbonyl (C=O) groups excluding carboxylic acids is 1. The standard InChI is InChI=1S/C21H21N7O6/c1-14-10-20(28(32)33)24-26(14)9-3-4-21(29)23-17-11-18(27(30)31)13-19(12-17)34-25-15(2)16-5-7-22-8-6-16/h5-8,10-13H,3-4,9H2,1-2H3,(H,23,29)/b25-15+. The number of nitrogens with zero attached hydrogens (tertiary/aromatic N) is 6. The van der Waals surface area contributed by atoms with Crippen LogP contribution in [0.1, 0.15) is 31.0 Å². The van der Waals surface area contributed by atoms with E-state index in [-0.39, 0.29) is 35.3 Å². The van der Waals surface area contributed by atoms with Gasteiger partial charge in [-0.15, -0.1) is 0 Å². The Hall–Kier alpha value is -4.68. The maximum absolute atomic E-state index is 12.4. The molecule has 0 atom stereocenters. The molecule has 0 aliphatic rings. The Bertz CT molecular complexity index is 1240. The van der Waals surface area contributed by atoms with Gasteiger partial charge >= 0.3 is 5.82 Å². The number of hydrogen-bond acceptors (Lipinski definition) is 9. The molecule has 2 heterocycles. The Balaban J connectivity index is 1.64. The average Bonchev–Trinajstić information content (AvgIpc) is 3.18. The van der Waals surface area contributed by atoms with E-state index in [1.54, 1.807) is 38.4 Å². The lowest BCUT2D eigenvalue weighted by atomic mass is 10.2. The molecule has 176 valence electrons. The van der Waals surface area contributed by atoms with Crippen LogP contribution in [0.4, 0.5) is 17.2 Å². The van der Waals surface area contributed by atoms with Crippen molar-refractivity contribution in [3.05, 3.63) is 80.3 Å². The monoisotopic (exact) mass is 467 g/mol. The molecule has 34 heavy (non-hydrogen) atoms. The second-order valence-corrected chi connectivity index (χ2v) is 7.25. The number of non-ortho nitro benzene ring substituents is 1. The first-order chi connectivity index (χ1) is 16.2. The number of pyridine rings is 1. The summed E-state index contributed by atoms with van der Waals surface area (Å²) in [5, 5.41) is 32.6. The summed E-state index contributed by atoms with van der Waals surface area (Å²) >= 11 is 0. The van der Waals surface area contributed by atoms with Gasteiger partial charge in [0.15, 0.2) is 5.75 Å². The highest BCUT2D eigenvalue weighted by Gasteiger charge is 2.16. The van der Waals surface area contributed by atoms with Crippen LogP contribution >= 0.6 is 0 Å². The van der Waals surface area contributed by atoms with Gasteiger partial charge in [-0.25, -0.2) is 0 Å². The van der Waals surface area contributed by atoms with Crippen molar-refractivity contribution in [2.75, 3.05) is 5.32 Å². The number of nitrogens with one attached hydrogen (secondary N) is 1. The predicted molar refractivity (Wildman–Crippen MR) is 122 cm³/mol. The highest BCUT2D eigenvalue weighted by atomic mass is 16.6. The lowest BCUT2D eigenvalue weighted by molar-refractivity contribution is -0.389. The number of hydrogen-bond donors (Lipinski definition) is 1. The maximum atomic E-state index is 12.4. The molecule has 1 amide bonds. The highest BCUT2D eigenvalue weighted by Crippen LogP contribution is 2.26. The number of aryl methyl sites for hydroxylation is 2. The van der Waals surface area contributed by atoms with Gasteiger partial charge in [0, 0.05) is 36.5 Å². The van der Waals surface area contributed by atoms with E-state index in [4.69, 9.17) is 4.84 Å². The second kappa shape index (κ2) is 10.8. The Morgan fingerprint density at radius 3 is 2.53 bits per heavy atom. The minimum atomic E-state index is -0.602. The number of aromatic nitrogens is 3. The van der Waals surface area contributed by atoms with Crippen molar-refractivity contribution in [1.29, 1.82) is 0 Å². The molecule has 3 aromatic rings. The van der Waals surface area contributed by atoms with E-state index in [9.17, 15) is 25.0 Å². The summed E-state index contributed by atoms with van der Waals surface area (Å²) in [6.45, 7) is 3.70. The minimum absolute atomic E-state index is 0.0747. The topological polar surface area (TPSA) is 168 Å². The number of anilines is 1. The number of carbonyl (C=O) groups is 1. The molecule has 0 saturated heterocycles. The number of nitro groups is 2. The molecule has 2 aromatic heterocycles. The third-order valence-electron chi connectivity index (χ3n) is 4.70. The van der Waals surface area contributed by atoms with Crippen molar-refractivity contribution in [3.63, 3.8) is 0 Å². The van der Waals surface area contributed by atoms with Crippen LogP contribution < -0.4 is 10.2 Å². The number of nitro benzene ring substituents is 1. The van der Waals surface area contributed by atoms with Gasteiger partial charge in [0.05, 0.1) is 45.8 Å². The summed E-state index contributed by atoms with van der Waals surface area (Å²) in [5.41, 5.74) is 1.82. The van der Waals surface area contributed by atoms with Crippen molar-refractivity contribution >= 4 is 28.8 Å². The molecule has 0 aliphatic carbocycles. The van der Waals surface area contributed by atoms with Gasteiger partial charge in [0.2, 0.25) is 5.91 Å². The fourth-order valence-electron chi connectivity index (χ4n) is 3.00. The fraction of sp³-hybridized carbons (Fsp3) is 0.238. The van der Waals surface area contributed by atoms with Crippen LogP contribution in [0.25, 0.3) is 0 Å². The quantitative estimate of drug-likeness (QED) is 0.268. The van der Waals surface area contributed by atoms with Gasteiger partial charge in [0.1, 0.15) is 0 Å². The first kappa shape index (κ1) is 24.0. The summed E-state index contributed by atoms with van der Waals surface area (Å²) in [5.74, 6) is -0.562. The third kappa shape index (κ3) is 6.41. The fourth-order valence-corrected chi connectivity index (χ4v) is 3.00. The van der Waals surface area contributed by atoms with E-state index in [0.717, 1.165) is 5.56 Å². The zero-order valence-corrected chi connectivity index (χ0v) is 18.4. The molecule has 0 saturated carbocycles. The molecule has 1 N–H and O–H groups in total. The number of amides is 1. The molecule has 0 spiro atoms. The zero-order valence-electron chi connectivity index (χ0n) is 18.4. The van der Waals surface area contributed by atoms with Gasteiger partial charge in [-0.3, -0.25) is 19.9 Å². The number of rotatable bonds is 10. The summed E-state index contributed by atoms with van der Waals surface area (Å²) < 4.78 is 1.45. The molecular formula is C21H21N7O6. The molecular weight excluding hydrogens is 446 g/mol. The molecule has 0 bridgehead atoms. The summed E-state index contributed by atoms with van der Waals surface area (Å²) in [6, 6.07) is 8.67. The normalized spacial score (nSPS) is 11.2. The lowest BCUT2D eigenvalue weighted by Gasteiger charge is -2.08. The van der Waals surface area contributed by atoms with Crippen molar-refractivity contribution < 1.29 is 19.5 Å². The highest BCUT2D eigenvalue weighted by molar-refractivity contribution is 5.98. The molecule has 0 fully saturated rings. The van der Waals surface area contributed by atoms with Crippen LogP contribution in [0.15, 0.2) is 53.9 Å². The SMILES string of the molecule is C/C(=N\Oc1cc(NC(=O)CCCn2nc([N+](=O)[O-])cc2C)cc([N+](=O)[O-])c1)c1ccncc1. The van der Waals surface area contributed by atoms with E-state index in [1.807, 2.05) is 0 Å². The maximum Gasteiger partial charge on any atom is 0.390 e. The molecule has 0 radical (unpaired) electrons.